The molecule has 14 heavy (non-hydrogen) atoms. The molecule has 1 heterocycles. The molecule has 74 valence electrons. The van der Waals surface area contributed by atoms with Crippen LogP contribution in [-0.2, 0) is 6.42 Å². The standard InChI is InChI=1S/C11H15N3/c1-14(2)11-6-3-8-7-9(12)4-5-10(8)13-11/h4-5,7H,3,6,12H2,1-2H3. The van der Waals surface area contributed by atoms with Gasteiger partial charge in [-0.25, -0.2) is 4.99 Å². The molecule has 0 saturated heterocycles. The summed E-state index contributed by atoms with van der Waals surface area (Å²) in [4.78, 5) is 6.64. The van der Waals surface area contributed by atoms with Crippen molar-refractivity contribution < 1.29 is 0 Å². The molecule has 0 radical (unpaired) electrons. The predicted octanol–water partition coefficient (Wildman–Crippen LogP) is 1.81. The van der Waals surface area contributed by atoms with Gasteiger partial charge in [-0.05, 0) is 30.2 Å². The third kappa shape index (κ3) is 1.58. The second-order valence-corrected chi connectivity index (χ2v) is 3.81. The number of aryl methyl sites for hydroxylation is 1. The van der Waals surface area contributed by atoms with Gasteiger partial charge in [-0.15, -0.1) is 0 Å². The van der Waals surface area contributed by atoms with Gasteiger partial charge in [-0.3, -0.25) is 0 Å². The third-order valence-electron chi connectivity index (χ3n) is 2.49. The lowest BCUT2D eigenvalue weighted by Gasteiger charge is -2.21. The average molecular weight is 189 g/mol. The zero-order valence-corrected chi connectivity index (χ0v) is 8.62. The van der Waals surface area contributed by atoms with Crippen molar-refractivity contribution in [2.75, 3.05) is 19.8 Å². The van der Waals surface area contributed by atoms with Gasteiger partial charge in [0.05, 0.1) is 5.69 Å². The van der Waals surface area contributed by atoms with Crippen molar-refractivity contribution in [1.82, 2.24) is 4.90 Å². The Hall–Kier alpha value is -1.51. The molecule has 0 bridgehead atoms. The Balaban J connectivity index is 2.40. The number of rotatable bonds is 0. The van der Waals surface area contributed by atoms with E-state index >= 15 is 0 Å². The first-order chi connectivity index (χ1) is 6.66. The molecule has 3 heteroatoms. The fourth-order valence-electron chi connectivity index (χ4n) is 1.68. The summed E-state index contributed by atoms with van der Waals surface area (Å²) >= 11 is 0. The molecular weight excluding hydrogens is 174 g/mol. The largest absolute Gasteiger partial charge is 0.399 e. The summed E-state index contributed by atoms with van der Waals surface area (Å²) in [5.74, 6) is 1.14. The molecule has 0 unspecified atom stereocenters. The molecule has 0 amide bonds. The van der Waals surface area contributed by atoms with Gasteiger partial charge in [0.2, 0.25) is 0 Å². The lowest BCUT2D eigenvalue weighted by Crippen LogP contribution is -2.24. The van der Waals surface area contributed by atoms with Crippen LogP contribution in [0.25, 0.3) is 0 Å². The second-order valence-electron chi connectivity index (χ2n) is 3.81. The summed E-state index contributed by atoms with van der Waals surface area (Å²) in [5.41, 5.74) is 8.87. The van der Waals surface area contributed by atoms with Crippen LogP contribution in [-0.4, -0.2) is 24.8 Å². The fraction of sp³-hybridized carbons (Fsp3) is 0.364. The number of hydrogen-bond acceptors (Lipinski definition) is 3. The Labute approximate surface area is 84.2 Å². The van der Waals surface area contributed by atoms with Crippen LogP contribution in [0, 0.1) is 0 Å². The quantitative estimate of drug-likeness (QED) is 0.632. The SMILES string of the molecule is CN(C)C1=Nc2ccc(N)cc2CC1. The van der Waals surface area contributed by atoms with E-state index in [9.17, 15) is 0 Å². The van der Waals surface area contributed by atoms with Crippen molar-refractivity contribution in [1.29, 1.82) is 0 Å². The van der Waals surface area contributed by atoms with Gasteiger partial charge in [0, 0.05) is 26.2 Å². The van der Waals surface area contributed by atoms with Crippen molar-refractivity contribution >= 4 is 17.2 Å². The van der Waals surface area contributed by atoms with E-state index in [1.165, 1.54) is 5.56 Å². The van der Waals surface area contributed by atoms with Crippen molar-refractivity contribution in [3.63, 3.8) is 0 Å². The topological polar surface area (TPSA) is 41.6 Å². The maximum Gasteiger partial charge on any atom is 0.105 e. The molecule has 0 aliphatic carbocycles. The van der Waals surface area contributed by atoms with E-state index in [1.54, 1.807) is 0 Å². The highest BCUT2D eigenvalue weighted by molar-refractivity contribution is 5.87. The molecule has 0 saturated carbocycles. The maximum atomic E-state index is 5.72. The van der Waals surface area contributed by atoms with Gasteiger partial charge in [0.15, 0.2) is 0 Å². The molecule has 0 aromatic heterocycles. The average Bonchev–Trinajstić information content (AvgIpc) is 2.16. The Morgan fingerprint density at radius 1 is 1.29 bits per heavy atom. The summed E-state index contributed by atoms with van der Waals surface area (Å²) in [7, 11) is 4.06. The van der Waals surface area contributed by atoms with Gasteiger partial charge >= 0.3 is 0 Å². The first-order valence-electron chi connectivity index (χ1n) is 4.80. The van der Waals surface area contributed by atoms with Gasteiger partial charge in [-0.2, -0.15) is 0 Å². The van der Waals surface area contributed by atoms with Gasteiger partial charge < -0.3 is 10.6 Å². The highest BCUT2D eigenvalue weighted by Gasteiger charge is 2.12. The van der Waals surface area contributed by atoms with Crippen molar-refractivity contribution in [2.24, 2.45) is 4.99 Å². The minimum Gasteiger partial charge on any atom is -0.399 e. The molecule has 0 atom stereocenters. The number of amidine groups is 1. The minimum absolute atomic E-state index is 0.826. The van der Waals surface area contributed by atoms with Crippen molar-refractivity contribution in [3.8, 4) is 0 Å². The highest BCUT2D eigenvalue weighted by atomic mass is 15.1. The summed E-state index contributed by atoms with van der Waals surface area (Å²) in [6.07, 6.45) is 2.04. The number of nitrogens with two attached hydrogens (primary N) is 1. The maximum absolute atomic E-state index is 5.72. The summed E-state index contributed by atoms with van der Waals surface area (Å²) < 4.78 is 0. The van der Waals surface area contributed by atoms with E-state index in [4.69, 9.17) is 5.73 Å². The third-order valence-corrected chi connectivity index (χ3v) is 2.49. The van der Waals surface area contributed by atoms with E-state index in [-0.39, 0.29) is 0 Å². The highest BCUT2D eigenvalue weighted by Crippen LogP contribution is 2.27. The number of aliphatic imine (C=N–C) groups is 1. The van der Waals surface area contributed by atoms with Crippen LogP contribution in [0.3, 0.4) is 0 Å². The van der Waals surface area contributed by atoms with Gasteiger partial charge in [0.25, 0.3) is 0 Å². The van der Waals surface area contributed by atoms with Crippen LogP contribution in [0.15, 0.2) is 23.2 Å². The van der Waals surface area contributed by atoms with Crippen LogP contribution in [0.4, 0.5) is 11.4 Å². The number of anilines is 1. The number of fused-ring (bicyclic) bond motifs is 1. The predicted molar refractivity (Wildman–Crippen MR) is 60.0 cm³/mol. The molecule has 1 aromatic carbocycles. The normalized spacial score (nSPS) is 14.6. The molecule has 1 aliphatic rings. The number of nitrogens with zero attached hydrogens (tertiary/aromatic N) is 2. The van der Waals surface area contributed by atoms with E-state index in [0.717, 1.165) is 30.1 Å². The second kappa shape index (κ2) is 3.33. The van der Waals surface area contributed by atoms with E-state index in [0.29, 0.717) is 0 Å². The van der Waals surface area contributed by atoms with Crippen LogP contribution in [0.2, 0.25) is 0 Å². The minimum atomic E-state index is 0.826. The first kappa shape index (κ1) is 9.06. The molecule has 3 nitrogen and oxygen atoms in total. The smallest absolute Gasteiger partial charge is 0.105 e. The summed E-state index contributed by atoms with van der Waals surface area (Å²) in [5, 5.41) is 0. The summed E-state index contributed by atoms with van der Waals surface area (Å²) in [6, 6.07) is 5.92. The van der Waals surface area contributed by atoms with E-state index in [2.05, 4.69) is 9.89 Å². The Morgan fingerprint density at radius 2 is 2.07 bits per heavy atom. The fourth-order valence-corrected chi connectivity index (χ4v) is 1.68. The number of benzene rings is 1. The van der Waals surface area contributed by atoms with E-state index in [1.807, 2.05) is 32.3 Å². The Kier molecular flexibility index (Phi) is 2.15. The lowest BCUT2D eigenvalue weighted by molar-refractivity contribution is 0.599. The van der Waals surface area contributed by atoms with Crippen LogP contribution >= 0.6 is 0 Å². The molecule has 1 aromatic rings. The number of hydrogen-bond donors (Lipinski definition) is 1. The Bertz CT molecular complexity index is 380. The monoisotopic (exact) mass is 189 g/mol. The van der Waals surface area contributed by atoms with Crippen LogP contribution in [0.1, 0.15) is 12.0 Å². The molecule has 1 aliphatic heterocycles. The van der Waals surface area contributed by atoms with Crippen LogP contribution < -0.4 is 5.73 Å². The van der Waals surface area contributed by atoms with Gasteiger partial charge in [-0.1, -0.05) is 0 Å². The molecular formula is C11H15N3. The molecule has 2 rings (SSSR count). The first-order valence-corrected chi connectivity index (χ1v) is 4.80. The number of nitrogen functional groups attached to an aromatic ring is 1. The summed E-state index contributed by atoms with van der Waals surface area (Å²) in [6.45, 7) is 0. The molecule has 2 N–H and O–H groups in total. The van der Waals surface area contributed by atoms with Crippen molar-refractivity contribution in [3.05, 3.63) is 23.8 Å². The van der Waals surface area contributed by atoms with Crippen molar-refractivity contribution in [2.45, 2.75) is 12.8 Å². The zero-order valence-electron chi connectivity index (χ0n) is 8.62. The molecule has 0 fully saturated rings. The zero-order chi connectivity index (χ0) is 10.1. The Morgan fingerprint density at radius 3 is 2.79 bits per heavy atom. The van der Waals surface area contributed by atoms with Gasteiger partial charge in [0.1, 0.15) is 5.84 Å². The van der Waals surface area contributed by atoms with Crippen LogP contribution in [0.5, 0.6) is 0 Å². The molecule has 0 spiro atoms. The lowest BCUT2D eigenvalue weighted by atomic mass is 10.0. The van der Waals surface area contributed by atoms with E-state index < -0.39 is 0 Å².